The molecule has 0 spiro atoms. The van der Waals surface area contributed by atoms with Crippen LogP contribution in [-0.2, 0) is 9.59 Å². The molecular weight excluding hydrogens is 345 g/mol. The van der Waals surface area contributed by atoms with Crippen molar-refractivity contribution in [3.63, 3.8) is 0 Å². The van der Waals surface area contributed by atoms with Crippen molar-refractivity contribution in [3.05, 3.63) is 0 Å². The Hall–Kier alpha value is -0.217. The molecule has 0 fully saturated rings. The van der Waals surface area contributed by atoms with Crippen molar-refractivity contribution in [1.82, 2.24) is 0 Å². The molecule has 0 heterocycles. The van der Waals surface area contributed by atoms with Gasteiger partial charge in [0.15, 0.2) is 0 Å². The normalized spacial score (nSPS) is 11.4. The summed E-state index contributed by atoms with van der Waals surface area (Å²) in [6, 6.07) is -0.979. The second-order valence-electron chi connectivity index (χ2n) is 1.95. The van der Waals surface area contributed by atoms with E-state index in [1.54, 1.807) is 0 Å². The summed E-state index contributed by atoms with van der Waals surface area (Å²) in [5.41, 5.74) is 9.81. The second-order valence-corrected chi connectivity index (χ2v) is 1.95. The van der Waals surface area contributed by atoms with Crippen LogP contribution in [0.1, 0.15) is 12.8 Å². The number of aliphatic carboxylic acids is 1. The smallest absolute Gasteiger partial charge is 0.320 e. The summed E-state index contributed by atoms with van der Waals surface area (Å²) in [5.74, 6) is -1.64. The fourth-order valence-corrected chi connectivity index (χ4v) is 0.421. The zero-order chi connectivity index (χ0) is 8.15. The number of carbonyl (C=O) groups excluding carboxylic acids is 1. The predicted molar refractivity (Wildman–Crippen MR) is 39.8 cm³/mol. The third kappa shape index (κ3) is 7.68. The first-order valence-electron chi connectivity index (χ1n) is 2.80. The molecule has 0 bridgehead atoms. The average molecular weight is 355 g/mol. The first kappa shape index (κ1) is 13.4. The minimum absolute atomic E-state index is 0. The number of primary amides is 1. The van der Waals surface area contributed by atoms with Crippen LogP contribution in [0.3, 0.4) is 0 Å². The molecule has 0 aromatic carbocycles. The van der Waals surface area contributed by atoms with E-state index in [4.69, 9.17) is 16.6 Å². The molecule has 0 aromatic heterocycles. The van der Waals surface area contributed by atoms with Crippen LogP contribution < -0.4 is 11.5 Å². The summed E-state index contributed by atoms with van der Waals surface area (Å²) < 4.78 is 0. The number of hydrogen-bond acceptors (Lipinski definition) is 3. The number of carboxylic acids is 1. The summed E-state index contributed by atoms with van der Waals surface area (Å²) in [7, 11) is 0. The largest absolute Gasteiger partial charge is 0.480 e. The Morgan fingerprint density at radius 3 is 2.18 bits per heavy atom. The summed E-state index contributed by atoms with van der Waals surface area (Å²) in [6.45, 7) is 0. The van der Waals surface area contributed by atoms with E-state index in [1.807, 2.05) is 0 Å². The van der Waals surface area contributed by atoms with E-state index in [0.29, 0.717) is 0 Å². The maximum atomic E-state index is 10.1. The number of nitrogens with two attached hydrogens (primary N) is 2. The molecule has 6 heteroatoms. The number of rotatable bonds is 4. The fraction of sp³-hybridized carbons (Fsp3) is 0.600. The van der Waals surface area contributed by atoms with Crippen molar-refractivity contribution in [2.24, 2.45) is 11.5 Å². The Morgan fingerprint density at radius 2 is 1.91 bits per heavy atom. The van der Waals surface area contributed by atoms with Crippen molar-refractivity contribution < 1.29 is 14.7 Å². The molecule has 0 unspecified atom stereocenters. The van der Waals surface area contributed by atoms with E-state index in [2.05, 4.69) is 0 Å². The molecule has 0 aromatic rings. The molecule has 0 saturated carbocycles. The molecule has 63 valence electrons. The van der Waals surface area contributed by atoms with Gasteiger partial charge in [0.2, 0.25) is 5.91 Å². The topological polar surface area (TPSA) is 106 Å². The predicted octanol–water partition coefficient (Wildman–Crippen LogP) is -1.72. The molecule has 0 aliphatic heterocycles. The van der Waals surface area contributed by atoms with Gasteiger partial charge in [-0.2, -0.15) is 0 Å². The molecule has 5 nitrogen and oxygen atoms in total. The number of carbonyl (C=O) groups is 2. The Labute approximate surface area is 83.2 Å². The van der Waals surface area contributed by atoms with Gasteiger partial charge >= 0.3 is 5.97 Å². The second kappa shape index (κ2) is 6.49. The van der Waals surface area contributed by atoms with Crippen LogP contribution in [-0.4, -0.2) is 49.2 Å². The number of amides is 1. The Bertz CT molecular complexity index is 151. The number of carboxylic acid groups (broad SMARTS) is 1. The zero-order valence-corrected chi connectivity index (χ0v) is 9.33. The molecule has 0 saturated heterocycles. The molecule has 3 radical (unpaired) electrons. The van der Waals surface area contributed by atoms with Gasteiger partial charge in [-0.15, -0.1) is 0 Å². The Kier molecular flexibility index (Phi) is 7.89. The molecule has 0 aliphatic rings. The summed E-state index contributed by atoms with van der Waals surface area (Å²) in [5, 5.41) is 8.22. The molecule has 11 heavy (non-hydrogen) atoms. The van der Waals surface area contributed by atoms with Crippen molar-refractivity contribution in [2.45, 2.75) is 18.9 Å². The standard InChI is InChI=1S/C5H10N2O3.Bi/c6-3(5(9)10)1-2-4(7)8;/h3H,1-2,6H2,(H2,7,8)(H,9,10);/t3-;/m0./s1. The van der Waals surface area contributed by atoms with Crippen LogP contribution >= 0.6 is 0 Å². The van der Waals surface area contributed by atoms with Gasteiger partial charge in [0.05, 0.1) is 0 Å². The van der Waals surface area contributed by atoms with Gasteiger partial charge in [-0.05, 0) is 6.42 Å². The van der Waals surface area contributed by atoms with E-state index in [-0.39, 0.29) is 39.0 Å². The molecule has 5 N–H and O–H groups in total. The monoisotopic (exact) mass is 355 g/mol. The van der Waals surface area contributed by atoms with Crippen molar-refractivity contribution >= 4 is 38.1 Å². The molecule has 1 atom stereocenters. The molecule has 1 amide bonds. The van der Waals surface area contributed by atoms with Gasteiger partial charge in [0.25, 0.3) is 0 Å². The van der Waals surface area contributed by atoms with Gasteiger partial charge in [0, 0.05) is 32.6 Å². The van der Waals surface area contributed by atoms with Crippen LogP contribution in [0.15, 0.2) is 0 Å². The molecular formula is C5H10BiN2O3. The summed E-state index contributed by atoms with van der Waals surface area (Å²) >= 11 is 0. The van der Waals surface area contributed by atoms with Crippen LogP contribution in [0, 0.1) is 0 Å². The van der Waals surface area contributed by atoms with E-state index >= 15 is 0 Å². The van der Waals surface area contributed by atoms with Crippen LogP contribution in [0.5, 0.6) is 0 Å². The SMILES string of the molecule is NC(=O)CC[C@H](N)C(=O)O.[Bi]. The first-order valence-corrected chi connectivity index (χ1v) is 2.80. The number of hydrogen-bond donors (Lipinski definition) is 3. The quantitative estimate of drug-likeness (QED) is 0.522. The zero-order valence-electron chi connectivity index (χ0n) is 5.86. The molecule has 0 aliphatic carbocycles. The third-order valence-electron chi connectivity index (χ3n) is 1.02. The maximum absolute atomic E-state index is 10.1. The molecule has 0 rings (SSSR count). The van der Waals surface area contributed by atoms with Crippen molar-refractivity contribution in [2.75, 3.05) is 0 Å². The first-order chi connectivity index (χ1) is 4.54. The Morgan fingerprint density at radius 1 is 1.45 bits per heavy atom. The van der Waals surface area contributed by atoms with Crippen molar-refractivity contribution in [1.29, 1.82) is 0 Å². The van der Waals surface area contributed by atoms with E-state index in [0.717, 1.165) is 0 Å². The van der Waals surface area contributed by atoms with Crippen LogP contribution in [0.25, 0.3) is 0 Å². The summed E-state index contributed by atoms with van der Waals surface area (Å²) in [6.07, 6.45) is 0.123. The fourth-order valence-electron chi connectivity index (χ4n) is 0.421. The van der Waals surface area contributed by atoms with Gasteiger partial charge in [0.1, 0.15) is 6.04 Å². The maximum Gasteiger partial charge on any atom is 0.320 e. The Balaban J connectivity index is 0. The van der Waals surface area contributed by atoms with Crippen LogP contribution in [0.4, 0.5) is 0 Å². The van der Waals surface area contributed by atoms with Crippen LogP contribution in [0.2, 0.25) is 0 Å². The van der Waals surface area contributed by atoms with Gasteiger partial charge in [-0.3, -0.25) is 9.59 Å². The van der Waals surface area contributed by atoms with Gasteiger partial charge < -0.3 is 16.6 Å². The minimum Gasteiger partial charge on any atom is -0.480 e. The van der Waals surface area contributed by atoms with Gasteiger partial charge in [-0.1, -0.05) is 0 Å². The van der Waals surface area contributed by atoms with E-state index in [1.165, 1.54) is 0 Å². The van der Waals surface area contributed by atoms with E-state index in [9.17, 15) is 9.59 Å². The van der Waals surface area contributed by atoms with E-state index < -0.39 is 17.9 Å². The third-order valence-corrected chi connectivity index (χ3v) is 1.02. The average Bonchev–Trinajstić information content (AvgIpc) is 1.82. The minimum atomic E-state index is -1.11. The summed E-state index contributed by atoms with van der Waals surface area (Å²) in [4.78, 5) is 20.1. The van der Waals surface area contributed by atoms with Crippen molar-refractivity contribution in [3.8, 4) is 0 Å². The van der Waals surface area contributed by atoms with Gasteiger partial charge in [-0.25, -0.2) is 0 Å².